The zero-order valence-corrected chi connectivity index (χ0v) is 6.39. The molecule has 0 saturated heterocycles. The summed E-state index contributed by atoms with van der Waals surface area (Å²) in [4.78, 5) is 8.35. The van der Waals surface area contributed by atoms with Gasteiger partial charge in [0.25, 0.3) is 0 Å². The lowest BCUT2D eigenvalue weighted by atomic mass is 10.4. The Morgan fingerprint density at radius 3 is 2.60 bits per heavy atom. The second kappa shape index (κ2) is 4.09. The lowest BCUT2D eigenvalue weighted by Gasteiger charge is -1.95. The van der Waals surface area contributed by atoms with Crippen LogP contribution in [0, 0.1) is 6.92 Å². The van der Waals surface area contributed by atoms with Crippen LogP contribution in [0.4, 0.5) is 0 Å². The second-order valence-corrected chi connectivity index (χ2v) is 1.75. The van der Waals surface area contributed by atoms with Crippen LogP contribution in [-0.4, -0.2) is 4.98 Å². The van der Waals surface area contributed by atoms with Crippen LogP contribution in [-0.2, 0) is 0 Å². The lowest BCUT2D eigenvalue weighted by Crippen LogP contribution is -2.01. The van der Waals surface area contributed by atoms with Gasteiger partial charge in [-0.05, 0) is 19.1 Å². The molecule has 1 heterocycles. The Balaban J connectivity index is 0.000000810. The van der Waals surface area contributed by atoms with Crippen LogP contribution in [0.3, 0.4) is 0 Å². The highest BCUT2D eigenvalue weighted by atomic mass is 35.5. The van der Waals surface area contributed by atoms with E-state index in [-0.39, 0.29) is 12.4 Å². The molecule has 1 rings (SSSR count). The van der Waals surface area contributed by atoms with Crippen molar-refractivity contribution in [2.24, 2.45) is 5.90 Å². The Kier molecular flexibility index (Phi) is 3.76. The third kappa shape index (κ3) is 2.21. The molecule has 0 bridgehead atoms. The summed E-state index contributed by atoms with van der Waals surface area (Å²) < 4.78 is 0. The first kappa shape index (κ1) is 9.20. The Bertz CT molecular complexity index is 187. The second-order valence-electron chi connectivity index (χ2n) is 1.75. The highest BCUT2D eigenvalue weighted by Crippen LogP contribution is 2.05. The molecular weight excluding hydrogens is 152 g/mol. The van der Waals surface area contributed by atoms with Crippen molar-refractivity contribution in [3.8, 4) is 5.75 Å². The molecular formula is C6H9ClN2O. The molecule has 3 nitrogen and oxygen atoms in total. The van der Waals surface area contributed by atoms with E-state index in [9.17, 15) is 0 Å². The topological polar surface area (TPSA) is 48.1 Å². The van der Waals surface area contributed by atoms with Crippen molar-refractivity contribution in [2.45, 2.75) is 6.92 Å². The van der Waals surface area contributed by atoms with Gasteiger partial charge >= 0.3 is 0 Å². The number of halogens is 1. The number of aromatic nitrogens is 1. The van der Waals surface area contributed by atoms with Crippen molar-refractivity contribution >= 4 is 12.4 Å². The molecule has 1 aromatic heterocycles. The molecule has 56 valence electrons. The summed E-state index contributed by atoms with van der Waals surface area (Å²) >= 11 is 0. The predicted molar refractivity (Wildman–Crippen MR) is 41.0 cm³/mol. The first-order valence-corrected chi connectivity index (χ1v) is 2.62. The number of aryl methyl sites for hydroxylation is 1. The zero-order chi connectivity index (χ0) is 6.69. The van der Waals surface area contributed by atoms with E-state index in [1.54, 1.807) is 12.3 Å². The van der Waals surface area contributed by atoms with Gasteiger partial charge in [0.15, 0.2) is 5.75 Å². The molecule has 0 aliphatic heterocycles. The molecule has 0 spiro atoms. The summed E-state index contributed by atoms with van der Waals surface area (Å²) in [6.07, 6.45) is 1.58. The Hall–Kier alpha value is -0.800. The fraction of sp³-hybridized carbons (Fsp3) is 0.167. The van der Waals surface area contributed by atoms with Gasteiger partial charge in [0, 0.05) is 5.69 Å². The summed E-state index contributed by atoms with van der Waals surface area (Å²) in [5.41, 5.74) is 0.954. The summed E-state index contributed by atoms with van der Waals surface area (Å²) in [5.74, 6) is 5.44. The number of nitrogens with zero attached hydrogens (tertiary/aromatic N) is 1. The molecule has 0 atom stereocenters. The molecule has 2 N–H and O–H groups in total. The number of pyridine rings is 1. The van der Waals surface area contributed by atoms with Gasteiger partial charge < -0.3 is 4.84 Å². The Labute approximate surface area is 65.6 Å². The van der Waals surface area contributed by atoms with Crippen molar-refractivity contribution in [3.63, 3.8) is 0 Å². The minimum Gasteiger partial charge on any atom is -0.410 e. The minimum atomic E-state index is 0. The highest BCUT2D eigenvalue weighted by molar-refractivity contribution is 5.85. The van der Waals surface area contributed by atoms with Crippen molar-refractivity contribution in [3.05, 3.63) is 24.0 Å². The van der Waals surface area contributed by atoms with Crippen LogP contribution in [0.15, 0.2) is 18.3 Å². The molecule has 0 aliphatic rings. The van der Waals surface area contributed by atoms with E-state index in [2.05, 4.69) is 9.82 Å². The van der Waals surface area contributed by atoms with Gasteiger partial charge in [-0.25, -0.2) is 0 Å². The quantitative estimate of drug-likeness (QED) is 0.625. The van der Waals surface area contributed by atoms with E-state index in [0.717, 1.165) is 5.69 Å². The minimum absolute atomic E-state index is 0. The monoisotopic (exact) mass is 160 g/mol. The van der Waals surface area contributed by atoms with E-state index in [1.807, 2.05) is 13.0 Å². The van der Waals surface area contributed by atoms with Gasteiger partial charge in [0.05, 0.1) is 6.20 Å². The molecule has 0 aromatic carbocycles. The summed E-state index contributed by atoms with van der Waals surface area (Å²) in [6.45, 7) is 1.90. The third-order valence-electron chi connectivity index (χ3n) is 1.02. The lowest BCUT2D eigenvalue weighted by molar-refractivity contribution is 0.333. The van der Waals surface area contributed by atoms with Gasteiger partial charge in [-0.1, -0.05) is 0 Å². The Morgan fingerprint density at radius 2 is 2.20 bits per heavy atom. The molecule has 0 unspecified atom stereocenters. The van der Waals surface area contributed by atoms with Crippen molar-refractivity contribution in [1.29, 1.82) is 0 Å². The summed E-state index contributed by atoms with van der Waals surface area (Å²) in [7, 11) is 0. The van der Waals surface area contributed by atoms with Crippen LogP contribution in [0.25, 0.3) is 0 Å². The molecule has 1 aromatic rings. The first-order valence-electron chi connectivity index (χ1n) is 2.62. The van der Waals surface area contributed by atoms with Crippen LogP contribution in [0.5, 0.6) is 5.75 Å². The van der Waals surface area contributed by atoms with Crippen LogP contribution in [0.2, 0.25) is 0 Å². The molecule has 0 radical (unpaired) electrons. The van der Waals surface area contributed by atoms with Crippen LogP contribution >= 0.6 is 12.4 Å². The molecule has 0 amide bonds. The number of hydrogen-bond acceptors (Lipinski definition) is 3. The molecule has 0 saturated carbocycles. The van der Waals surface area contributed by atoms with Crippen LogP contribution in [0.1, 0.15) is 5.69 Å². The van der Waals surface area contributed by atoms with Crippen molar-refractivity contribution in [2.75, 3.05) is 0 Å². The SMILES string of the molecule is Cc1ccc(ON)cn1.Cl. The summed E-state index contributed by atoms with van der Waals surface area (Å²) in [6, 6.07) is 3.60. The number of nitrogens with two attached hydrogens (primary N) is 1. The average molecular weight is 161 g/mol. The fourth-order valence-electron chi connectivity index (χ4n) is 0.524. The number of hydrogen-bond donors (Lipinski definition) is 1. The van der Waals surface area contributed by atoms with E-state index in [1.165, 1.54) is 0 Å². The highest BCUT2D eigenvalue weighted by Gasteiger charge is 1.87. The molecule has 0 fully saturated rings. The van der Waals surface area contributed by atoms with Gasteiger partial charge in [-0.15, -0.1) is 12.4 Å². The van der Waals surface area contributed by atoms with E-state index in [0.29, 0.717) is 5.75 Å². The average Bonchev–Trinajstić information content (AvgIpc) is 1.90. The Morgan fingerprint density at radius 1 is 1.50 bits per heavy atom. The number of rotatable bonds is 1. The maximum absolute atomic E-state index is 4.86. The third-order valence-corrected chi connectivity index (χ3v) is 1.02. The first-order chi connectivity index (χ1) is 4.33. The van der Waals surface area contributed by atoms with E-state index < -0.39 is 0 Å². The molecule has 4 heteroatoms. The maximum Gasteiger partial charge on any atom is 0.165 e. The molecule has 0 aliphatic carbocycles. The van der Waals surface area contributed by atoms with Gasteiger partial charge in [0.2, 0.25) is 0 Å². The normalized spacial score (nSPS) is 8.20. The van der Waals surface area contributed by atoms with Gasteiger partial charge in [-0.3, -0.25) is 4.98 Å². The predicted octanol–water partition coefficient (Wildman–Crippen LogP) is 1.06. The smallest absolute Gasteiger partial charge is 0.165 e. The molecule has 10 heavy (non-hydrogen) atoms. The largest absolute Gasteiger partial charge is 0.410 e. The van der Waals surface area contributed by atoms with Crippen molar-refractivity contribution < 1.29 is 4.84 Å². The zero-order valence-electron chi connectivity index (χ0n) is 5.57. The van der Waals surface area contributed by atoms with E-state index >= 15 is 0 Å². The summed E-state index contributed by atoms with van der Waals surface area (Å²) in [5, 5.41) is 0. The van der Waals surface area contributed by atoms with Crippen LogP contribution < -0.4 is 10.7 Å². The van der Waals surface area contributed by atoms with Gasteiger partial charge in [0.1, 0.15) is 0 Å². The van der Waals surface area contributed by atoms with Gasteiger partial charge in [-0.2, -0.15) is 5.90 Å². The standard InChI is InChI=1S/C6H8N2O.ClH/c1-5-2-3-6(9-7)4-8-5;/h2-4H,7H2,1H3;1H. The van der Waals surface area contributed by atoms with E-state index in [4.69, 9.17) is 5.90 Å². The maximum atomic E-state index is 4.86. The fourth-order valence-corrected chi connectivity index (χ4v) is 0.524. The van der Waals surface area contributed by atoms with Crippen molar-refractivity contribution in [1.82, 2.24) is 4.98 Å².